The van der Waals surface area contributed by atoms with Crippen LogP contribution in [0.25, 0.3) is 22.4 Å². The molecule has 0 saturated carbocycles. The Morgan fingerprint density at radius 2 is 1.78 bits per heavy atom. The summed E-state index contributed by atoms with van der Waals surface area (Å²) in [4.78, 5) is 33.1. The number of nitrogens with one attached hydrogen (secondary N) is 1. The van der Waals surface area contributed by atoms with E-state index in [0.29, 0.717) is 24.5 Å². The van der Waals surface area contributed by atoms with Gasteiger partial charge in [0.25, 0.3) is 0 Å². The first-order chi connectivity index (χ1) is 15.2. The summed E-state index contributed by atoms with van der Waals surface area (Å²) in [5.41, 5.74) is 7.73. The van der Waals surface area contributed by atoms with Gasteiger partial charge in [0, 0.05) is 37.1 Å². The third-order valence-electron chi connectivity index (χ3n) is 5.29. The molecule has 3 N–H and O–H groups in total. The second-order valence-corrected chi connectivity index (χ2v) is 8.99. The molecular formula is C24H28N4O4. The monoisotopic (exact) mass is 436 g/mol. The zero-order chi connectivity index (χ0) is 22.9. The molecule has 168 valence electrons. The Labute approximate surface area is 186 Å². The van der Waals surface area contributed by atoms with Crippen molar-refractivity contribution in [2.75, 3.05) is 13.1 Å². The van der Waals surface area contributed by atoms with Gasteiger partial charge in [0.1, 0.15) is 23.3 Å². The van der Waals surface area contributed by atoms with E-state index in [1.165, 1.54) is 0 Å². The number of carbonyl (C=O) groups excluding carboxylic acids is 2. The molecule has 3 aromatic rings. The fourth-order valence-corrected chi connectivity index (χ4v) is 3.67. The number of benzene rings is 2. The van der Waals surface area contributed by atoms with E-state index in [4.69, 9.17) is 15.2 Å². The third kappa shape index (κ3) is 5.01. The van der Waals surface area contributed by atoms with Gasteiger partial charge < -0.3 is 25.1 Å². The van der Waals surface area contributed by atoms with Crippen molar-refractivity contribution in [1.29, 1.82) is 0 Å². The van der Waals surface area contributed by atoms with E-state index in [1.54, 1.807) is 23.1 Å². The highest BCUT2D eigenvalue weighted by Gasteiger charge is 2.27. The van der Waals surface area contributed by atoms with Gasteiger partial charge in [-0.25, -0.2) is 9.78 Å². The van der Waals surface area contributed by atoms with Crippen LogP contribution in [0.1, 0.15) is 44.0 Å². The third-order valence-corrected chi connectivity index (χ3v) is 5.29. The van der Waals surface area contributed by atoms with Crippen molar-refractivity contribution >= 4 is 23.0 Å². The first kappa shape index (κ1) is 21.7. The van der Waals surface area contributed by atoms with E-state index in [1.807, 2.05) is 45.0 Å². The smallest absolute Gasteiger partial charge is 0.410 e. The largest absolute Gasteiger partial charge is 0.490 e. The van der Waals surface area contributed by atoms with E-state index in [0.717, 1.165) is 35.2 Å². The van der Waals surface area contributed by atoms with Crippen LogP contribution in [0.3, 0.4) is 0 Å². The van der Waals surface area contributed by atoms with Gasteiger partial charge in [0.2, 0.25) is 5.91 Å². The molecule has 4 rings (SSSR count). The molecule has 0 radical (unpaired) electrons. The molecule has 0 unspecified atom stereocenters. The van der Waals surface area contributed by atoms with Crippen LogP contribution in [-0.4, -0.2) is 51.7 Å². The molecule has 8 nitrogen and oxygen atoms in total. The zero-order valence-corrected chi connectivity index (χ0v) is 18.6. The number of primary amides is 1. The number of imidazole rings is 1. The number of H-pyrrole nitrogens is 1. The Morgan fingerprint density at radius 1 is 1.09 bits per heavy atom. The van der Waals surface area contributed by atoms with E-state index < -0.39 is 11.5 Å². The number of aromatic nitrogens is 2. The van der Waals surface area contributed by atoms with Crippen LogP contribution < -0.4 is 10.5 Å². The highest BCUT2D eigenvalue weighted by atomic mass is 16.6. The van der Waals surface area contributed by atoms with Crippen LogP contribution in [0.2, 0.25) is 0 Å². The van der Waals surface area contributed by atoms with E-state index in [9.17, 15) is 9.59 Å². The first-order valence-electron chi connectivity index (χ1n) is 10.7. The van der Waals surface area contributed by atoms with E-state index >= 15 is 0 Å². The number of amides is 2. The Balaban J connectivity index is 1.36. The maximum absolute atomic E-state index is 12.2. The van der Waals surface area contributed by atoms with Crippen LogP contribution in [0.4, 0.5) is 4.79 Å². The normalized spacial score (nSPS) is 15.0. The number of nitrogens with zero attached hydrogens (tertiary/aromatic N) is 2. The Kier molecular flexibility index (Phi) is 5.78. The number of carbonyl (C=O) groups is 2. The minimum Gasteiger partial charge on any atom is -0.490 e. The van der Waals surface area contributed by atoms with Crippen LogP contribution in [0.15, 0.2) is 42.5 Å². The molecular weight excluding hydrogens is 408 g/mol. The highest BCUT2D eigenvalue weighted by molar-refractivity contribution is 5.96. The number of rotatable bonds is 4. The Bertz CT molecular complexity index is 1120. The Hall–Kier alpha value is -3.55. The maximum atomic E-state index is 12.2. The number of hydrogen-bond acceptors (Lipinski definition) is 5. The van der Waals surface area contributed by atoms with Crippen molar-refractivity contribution < 1.29 is 19.1 Å². The molecule has 0 bridgehead atoms. The van der Waals surface area contributed by atoms with Crippen molar-refractivity contribution in [3.63, 3.8) is 0 Å². The summed E-state index contributed by atoms with van der Waals surface area (Å²) in [5, 5.41) is 0. The van der Waals surface area contributed by atoms with Crippen molar-refractivity contribution in [2.45, 2.75) is 45.3 Å². The molecule has 1 aliphatic rings. The lowest BCUT2D eigenvalue weighted by Gasteiger charge is -2.33. The molecule has 1 saturated heterocycles. The first-order valence-corrected chi connectivity index (χ1v) is 10.7. The van der Waals surface area contributed by atoms with Crippen LogP contribution in [0, 0.1) is 0 Å². The summed E-state index contributed by atoms with van der Waals surface area (Å²) in [5.74, 6) is 1.01. The van der Waals surface area contributed by atoms with Crippen LogP contribution in [-0.2, 0) is 4.74 Å². The lowest BCUT2D eigenvalue weighted by Crippen LogP contribution is -2.44. The van der Waals surface area contributed by atoms with Gasteiger partial charge in [0.15, 0.2) is 0 Å². The lowest BCUT2D eigenvalue weighted by atomic mass is 10.1. The van der Waals surface area contributed by atoms with Crippen molar-refractivity contribution in [3.8, 4) is 17.1 Å². The fourth-order valence-electron chi connectivity index (χ4n) is 3.67. The van der Waals surface area contributed by atoms with Gasteiger partial charge in [-0.2, -0.15) is 0 Å². The molecule has 0 atom stereocenters. The number of ether oxygens (including phenoxy) is 2. The predicted octanol–water partition coefficient (Wildman–Crippen LogP) is 4.11. The zero-order valence-electron chi connectivity index (χ0n) is 18.6. The van der Waals surface area contributed by atoms with Gasteiger partial charge in [-0.3, -0.25) is 4.79 Å². The molecule has 1 aromatic heterocycles. The number of hydrogen-bond donors (Lipinski definition) is 2. The highest BCUT2D eigenvalue weighted by Crippen LogP contribution is 2.25. The molecule has 1 fully saturated rings. The molecule has 2 aromatic carbocycles. The quantitative estimate of drug-likeness (QED) is 0.639. The molecule has 0 spiro atoms. The SMILES string of the molecule is CC(C)(C)OC(=O)N1CCC(Oc2ccc(-c3nc4ccc(C(N)=O)cc4[nH]3)cc2)CC1. The van der Waals surface area contributed by atoms with Gasteiger partial charge in [-0.15, -0.1) is 0 Å². The summed E-state index contributed by atoms with van der Waals surface area (Å²) in [6, 6.07) is 12.9. The number of likely N-dealkylation sites (tertiary alicyclic amines) is 1. The Morgan fingerprint density at radius 3 is 2.41 bits per heavy atom. The summed E-state index contributed by atoms with van der Waals surface area (Å²) < 4.78 is 11.6. The minimum atomic E-state index is -0.490. The number of aromatic amines is 1. The summed E-state index contributed by atoms with van der Waals surface area (Å²) in [6.45, 7) is 6.84. The molecule has 2 amide bonds. The van der Waals surface area contributed by atoms with Gasteiger partial charge in [0.05, 0.1) is 11.0 Å². The standard InChI is InChI=1S/C24H28N4O4/c1-24(2,3)32-23(30)28-12-10-18(11-13-28)31-17-7-4-15(5-8-17)22-26-19-9-6-16(21(25)29)14-20(19)27-22/h4-9,14,18H,10-13H2,1-3H3,(H2,25,29)(H,26,27). The van der Waals surface area contributed by atoms with Gasteiger partial charge in [-0.05, 0) is 63.2 Å². The fraction of sp³-hybridized carbons (Fsp3) is 0.375. The molecule has 2 heterocycles. The van der Waals surface area contributed by atoms with Gasteiger partial charge in [-0.1, -0.05) is 0 Å². The average molecular weight is 437 g/mol. The van der Waals surface area contributed by atoms with Crippen LogP contribution >= 0.6 is 0 Å². The molecule has 32 heavy (non-hydrogen) atoms. The second kappa shape index (κ2) is 8.53. The maximum Gasteiger partial charge on any atom is 0.410 e. The van der Waals surface area contributed by atoms with Crippen molar-refractivity contribution in [1.82, 2.24) is 14.9 Å². The van der Waals surface area contributed by atoms with Crippen LogP contribution in [0.5, 0.6) is 5.75 Å². The summed E-state index contributed by atoms with van der Waals surface area (Å²) in [7, 11) is 0. The lowest BCUT2D eigenvalue weighted by molar-refractivity contribution is 0.0126. The molecule has 1 aliphatic heterocycles. The summed E-state index contributed by atoms with van der Waals surface area (Å²) in [6.07, 6.45) is 1.30. The number of fused-ring (bicyclic) bond motifs is 1. The van der Waals surface area contributed by atoms with Gasteiger partial charge >= 0.3 is 6.09 Å². The second-order valence-electron chi connectivity index (χ2n) is 8.99. The number of piperidine rings is 1. The minimum absolute atomic E-state index is 0.0537. The average Bonchev–Trinajstić information content (AvgIpc) is 3.17. The van der Waals surface area contributed by atoms with Crippen molar-refractivity contribution in [3.05, 3.63) is 48.0 Å². The van der Waals surface area contributed by atoms with Crippen molar-refractivity contribution in [2.24, 2.45) is 5.73 Å². The summed E-state index contributed by atoms with van der Waals surface area (Å²) >= 11 is 0. The predicted molar refractivity (Wildman–Crippen MR) is 122 cm³/mol. The van der Waals surface area contributed by atoms with E-state index in [2.05, 4.69) is 9.97 Å². The van der Waals surface area contributed by atoms with E-state index in [-0.39, 0.29) is 12.2 Å². The molecule has 0 aliphatic carbocycles. The number of nitrogens with two attached hydrogens (primary N) is 1. The topological polar surface area (TPSA) is 111 Å². The molecule has 8 heteroatoms.